The van der Waals surface area contributed by atoms with Crippen LogP contribution in [0.2, 0.25) is 0 Å². The fourth-order valence-electron chi connectivity index (χ4n) is 3.36. The van der Waals surface area contributed by atoms with Crippen molar-refractivity contribution in [2.45, 2.75) is 20.4 Å². The number of nitrogens with zero attached hydrogens (tertiary/aromatic N) is 2. The van der Waals surface area contributed by atoms with E-state index in [-0.39, 0.29) is 35.5 Å². The first kappa shape index (κ1) is 23.1. The maximum absolute atomic E-state index is 13.0. The second-order valence-corrected chi connectivity index (χ2v) is 8.08. The zero-order chi connectivity index (χ0) is 24.2. The van der Waals surface area contributed by atoms with Crippen LogP contribution in [-0.2, 0) is 20.8 Å². The van der Waals surface area contributed by atoms with Crippen LogP contribution in [0, 0.1) is 0 Å². The molecular formula is C24H20N2O7S. The predicted molar refractivity (Wildman–Crippen MR) is 125 cm³/mol. The Morgan fingerprint density at radius 2 is 1.82 bits per heavy atom. The van der Waals surface area contributed by atoms with Gasteiger partial charge in [-0.2, -0.15) is 4.99 Å². The molecule has 0 aliphatic rings. The lowest BCUT2D eigenvalue weighted by atomic mass is 10.1. The van der Waals surface area contributed by atoms with Crippen LogP contribution >= 0.6 is 11.3 Å². The van der Waals surface area contributed by atoms with Gasteiger partial charge in [-0.25, -0.2) is 4.79 Å². The third kappa shape index (κ3) is 4.53. The van der Waals surface area contributed by atoms with Crippen molar-refractivity contribution in [1.82, 2.24) is 4.57 Å². The number of fused-ring (bicyclic) bond motifs is 2. The summed E-state index contributed by atoms with van der Waals surface area (Å²) in [5.41, 5.74) is 0.522. The highest BCUT2D eigenvalue weighted by atomic mass is 32.1. The van der Waals surface area contributed by atoms with Gasteiger partial charge in [0.25, 0.3) is 5.91 Å². The smallest absolute Gasteiger partial charge is 0.338 e. The number of esters is 2. The monoisotopic (exact) mass is 480 g/mol. The van der Waals surface area contributed by atoms with E-state index < -0.39 is 23.3 Å². The van der Waals surface area contributed by atoms with Crippen molar-refractivity contribution < 1.29 is 28.3 Å². The van der Waals surface area contributed by atoms with E-state index in [4.69, 9.17) is 13.9 Å². The second kappa shape index (κ2) is 9.84. The second-order valence-electron chi connectivity index (χ2n) is 7.07. The predicted octanol–water partition coefficient (Wildman–Crippen LogP) is 3.29. The molecule has 10 heteroatoms. The molecule has 0 spiro atoms. The minimum atomic E-state index is -0.811. The summed E-state index contributed by atoms with van der Waals surface area (Å²) in [6, 6.07) is 11.4. The van der Waals surface area contributed by atoms with Crippen LogP contribution in [0.1, 0.15) is 34.6 Å². The molecule has 0 N–H and O–H groups in total. The zero-order valence-corrected chi connectivity index (χ0v) is 19.2. The summed E-state index contributed by atoms with van der Waals surface area (Å²) in [6.07, 6.45) is 1.08. The van der Waals surface area contributed by atoms with Gasteiger partial charge in [0, 0.05) is 0 Å². The first-order valence-corrected chi connectivity index (χ1v) is 11.3. The van der Waals surface area contributed by atoms with Gasteiger partial charge in [0.1, 0.15) is 24.0 Å². The van der Waals surface area contributed by atoms with Crippen molar-refractivity contribution >= 4 is 50.4 Å². The van der Waals surface area contributed by atoms with Crippen LogP contribution in [0.25, 0.3) is 21.2 Å². The normalized spacial score (nSPS) is 11.6. The van der Waals surface area contributed by atoms with Gasteiger partial charge in [-0.15, -0.1) is 0 Å². The Morgan fingerprint density at radius 1 is 1.06 bits per heavy atom. The van der Waals surface area contributed by atoms with Gasteiger partial charge in [0.05, 0.1) is 34.4 Å². The molecule has 9 nitrogen and oxygen atoms in total. The molecule has 0 aliphatic carbocycles. The molecule has 0 unspecified atom stereocenters. The van der Waals surface area contributed by atoms with Gasteiger partial charge in [-0.1, -0.05) is 23.5 Å². The van der Waals surface area contributed by atoms with E-state index in [1.165, 1.54) is 4.57 Å². The number of para-hydroxylation sites is 1. The van der Waals surface area contributed by atoms with Crippen molar-refractivity contribution in [3.8, 4) is 0 Å². The molecule has 174 valence electrons. The Hall–Kier alpha value is -4.05. The molecular weight excluding hydrogens is 460 g/mol. The molecule has 4 aromatic rings. The number of aromatic nitrogens is 1. The Kier molecular flexibility index (Phi) is 6.69. The highest BCUT2D eigenvalue weighted by Crippen LogP contribution is 2.20. The van der Waals surface area contributed by atoms with Crippen LogP contribution in [0.4, 0.5) is 0 Å². The van der Waals surface area contributed by atoms with Gasteiger partial charge in [-0.05, 0) is 44.2 Å². The number of rotatable bonds is 6. The highest BCUT2D eigenvalue weighted by molar-refractivity contribution is 7.16. The van der Waals surface area contributed by atoms with Gasteiger partial charge < -0.3 is 18.5 Å². The molecule has 0 bridgehead atoms. The number of carbonyl (C=O) groups excluding carboxylic acids is 3. The number of carbonyl (C=O) groups is 3. The molecule has 0 fully saturated rings. The number of benzene rings is 2. The SMILES string of the molecule is CCOC(=O)Cn1c(=NC(=O)c2coc3ccccc3c2=O)sc2cc(C(=O)OCC)ccc21. The average Bonchev–Trinajstić information content (AvgIpc) is 3.15. The summed E-state index contributed by atoms with van der Waals surface area (Å²) in [7, 11) is 0. The van der Waals surface area contributed by atoms with Crippen molar-refractivity contribution in [1.29, 1.82) is 0 Å². The maximum Gasteiger partial charge on any atom is 0.338 e. The van der Waals surface area contributed by atoms with Gasteiger partial charge >= 0.3 is 11.9 Å². The summed E-state index contributed by atoms with van der Waals surface area (Å²) < 4.78 is 17.6. The molecule has 0 saturated heterocycles. The molecule has 0 aliphatic heterocycles. The maximum atomic E-state index is 13.0. The minimum Gasteiger partial charge on any atom is -0.465 e. The molecule has 34 heavy (non-hydrogen) atoms. The third-order valence-corrected chi connectivity index (χ3v) is 5.94. The number of thiazole rings is 1. The van der Waals surface area contributed by atoms with E-state index in [1.54, 1.807) is 56.3 Å². The van der Waals surface area contributed by atoms with E-state index in [0.717, 1.165) is 17.6 Å². The quantitative estimate of drug-likeness (QED) is 0.389. The van der Waals surface area contributed by atoms with Crippen LogP contribution in [0.15, 0.2) is 62.9 Å². The molecule has 2 aromatic carbocycles. The number of hydrogen-bond donors (Lipinski definition) is 0. The van der Waals surface area contributed by atoms with Gasteiger partial charge in [-0.3, -0.25) is 14.4 Å². The van der Waals surface area contributed by atoms with Crippen molar-refractivity contribution in [2.75, 3.05) is 13.2 Å². The lowest BCUT2D eigenvalue weighted by Gasteiger charge is -2.06. The first-order valence-electron chi connectivity index (χ1n) is 10.5. The third-order valence-electron chi connectivity index (χ3n) is 4.89. The lowest BCUT2D eigenvalue weighted by molar-refractivity contribution is -0.143. The van der Waals surface area contributed by atoms with E-state index in [1.807, 2.05) is 0 Å². The molecule has 0 radical (unpaired) electrons. The zero-order valence-electron chi connectivity index (χ0n) is 18.4. The molecule has 0 saturated carbocycles. The minimum absolute atomic E-state index is 0.168. The average molecular weight is 480 g/mol. The summed E-state index contributed by atoms with van der Waals surface area (Å²) in [6.45, 7) is 3.62. The summed E-state index contributed by atoms with van der Waals surface area (Å²) in [5.74, 6) is -1.82. The van der Waals surface area contributed by atoms with Crippen molar-refractivity contribution in [3.05, 3.63) is 74.9 Å². The number of amides is 1. The van der Waals surface area contributed by atoms with Gasteiger partial charge in [0.15, 0.2) is 4.80 Å². The van der Waals surface area contributed by atoms with Crippen LogP contribution in [0.5, 0.6) is 0 Å². The number of ether oxygens (including phenoxy) is 2. The summed E-state index contributed by atoms with van der Waals surface area (Å²) >= 11 is 1.09. The molecule has 1 amide bonds. The van der Waals surface area contributed by atoms with Crippen molar-refractivity contribution in [2.24, 2.45) is 4.99 Å². The Bertz CT molecular complexity index is 1540. The fourth-order valence-corrected chi connectivity index (χ4v) is 4.43. The lowest BCUT2D eigenvalue weighted by Crippen LogP contribution is -2.24. The Morgan fingerprint density at radius 3 is 2.59 bits per heavy atom. The molecule has 0 atom stereocenters. The van der Waals surface area contributed by atoms with E-state index in [2.05, 4.69) is 4.99 Å². The van der Waals surface area contributed by atoms with Crippen LogP contribution < -0.4 is 10.2 Å². The highest BCUT2D eigenvalue weighted by Gasteiger charge is 2.17. The van der Waals surface area contributed by atoms with Crippen LogP contribution in [-0.4, -0.2) is 35.6 Å². The summed E-state index contributed by atoms with van der Waals surface area (Å²) in [5, 5.41) is 0.262. The standard InChI is InChI=1S/C24H20N2O7S/c1-3-31-20(27)12-26-17-10-9-14(23(30)32-4-2)11-19(17)34-24(26)25-22(29)16-13-33-18-8-6-5-7-15(18)21(16)28/h5-11,13H,3-4,12H2,1-2H3. The largest absolute Gasteiger partial charge is 0.465 e. The van der Waals surface area contributed by atoms with Crippen molar-refractivity contribution in [3.63, 3.8) is 0 Å². The molecule has 2 aromatic heterocycles. The fraction of sp³-hybridized carbons (Fsp3) is 0.208. The Labute approximate surface area is 196 Å². The first-order chi connectivity index (χ1) is 16.4. The molecule has 2 heterocycles. The van der Waals surface area contributed by atoms with Crippen LogP contribution in [0.3, 0.4) is 0 Å². The summed E-state index contributed by atoms with van der Waals surface area (Å²) in [4.78, 5) is 54.4. The Balaban J connectivity index is 1.84. The van der Waals surface area contributed by atoms with Gasteiger partial charge in [0.2, 0.25) is 5.43 Å². The number of hydrogen-bond acceptors (Lipinski definition) is 8. The van der Waals surface area contributed by atoms with E-state index in [9.17, 15) is 19.2 Å². The topological polar surface area (TPSA) is 117 Å². The van der Waals surface area contributed by atoms with E-state index in [0.29, 0.717) is 21.4 Å². The van der Waals surface area contributed by atoms with E-state index >= 15 is 0 Å². The molecule has 4 rings (SSSR count).